The SMILES string of the molecule is C=C(Cl)Cn1cc(Cl)c(N)n1. The van der Waals surface area contributed by atoms with E-state index in [-0.39, 0.29) is 0 Å². The van der Waals surface area contributed by atoms with Crippen molar-refractivity contribution in [3.05, 3.63) is 22.8 Å². The van der Waals surface area contributed by atoms with Gasteiger partial charge in [-0.05, 0) is 0 Å². The lowest BCUT2D eigenvalue weighted by atomic mass is 10.6. The van der Waals surface area contributed by atoms with Crippen LogP contribution < -0.4 is 5.73 Å². The topological polar surface area (TPSA) is 43.8 Å². The molecule has 1 heterocycles. The van der Waals surface area contributed by atoms with E-state index in [4.69, 9.17) is 28.9 Å². The summed E-state index contributed by atoms with van der Waals surface area (Å²) >= 11 is 11.2. The van der Waals surface area contributed by atoms with Crippen LogP contribution in [0.1, 0.15) is 0 Å². The average Bonchev–Trinajstić information content (AvgIpc) is 2.10. The molecular weight excluding hydrogens is 185 g/mol. The van der Waals surface area contributed by atoms with Crippen molar-refractivity contribution in [1.29, 1.82) is 0 Å². The molecule has 0 amide bonds. The second kappa shape index (κ2) is 3.15. The Hall–Kier alpha value is -0.670. The highest BCUT2D eigenvalue weighted by molar-refractivity contribution is 6.32. The monoisotopic (exact) mass is 191 g/mol. The molecule has 0 aliphatic carbocycles. The zero-order chi connectivity index (χ0) is 8.43. The number of nitrogens with zero attached hydrogens (tertiary/aromatic N) is 2. The van der Waals surface area contributed by atoms with E-state index >= 15 is 0 Å². The Labute approximate surface area is 74.4 Å². The lowest BCUT2D eigenvalue weighted by Gasteiger charge is -1.95. The molecule has 3 nitrogen and oxygen atoms in total. The van der Waals surface area contributed by atoms with Crippen molar-refractivity contribution >= 4 is 29.0 Å². The highest BCUT2D eigenvalue weighted by Gasteiger charge is 2.01. The third-order valence-corrected chi connectivity index (χ3v) is 1.49. The summed E-state index contributed by atoms with van der Waals surface area (Å²) in [6.45, 7) is 3.94. The summed E-state index contributed by atoms with van der Waals surface area (Å²) < 4.78 is 1.53. The van der Waals surface area contributed by atoms with E-state index in [1.807, 2.05) is 0 Å². The van der Waals surface area contributed by atoms with E-state index in [9.17, 15) is 0 Å². The molecule has 11 heavy (non-hydrogen) atoms. The van der Waals surface area contributed by atoms with Gasteiger partial charge >= 0.3 is 0 Å². The van der Waals surface area contributed by atoms with Crippen LogP contribution in [-0.2, 0) is 6.54 Å². The van der Waals surface area contributed by atoms with Crippen LogP contribution >= 0.6 is 23.2 Å². The number of rotatable bonds is 2. The van der Waals surface area contributed by atoms with Crippen LogP contribution in [0, 0.1) is 0 Å². The van der Waals surface area contributed by atoms with E-state index in [1.165, 1.54) is 4.68 Å². The number of anilines is 1. The first kappa shape index (κ1) is 8.43. The largest absolute Gasteiger partial charge is 0.381 e. The molecule has 5 heteroatoms. The molecule has 0 aliphatic rings. The Morgan fingerprint density at radius 3 is 2.82 bits per heavy atom. The number of allylic oxidation sites excluding steroid dienone is 1. The standard InChI is InChI=1S/C6H7Cl2N3/c1-4(7)2-11-3-5(8)6(9)10-11/h3H,1-2H2,(H2,9,10). The highest BCUT2D eigenvalue weighted by Crippen LogP contribution is 2.16. The summed E-state index contributed by atoms with van der Waals surface area (Å²) in [5.74, 6) is 0.310. The van der Waals surface area contributed by atoms with Crippen LogP contribution in [-0.4, -0.2) is 9.78 Å². The maximum atomic E-state index is 5.63. The van der Waals surface area contributed by atoms with E-state index < -0.39 is 0 Å². The normalized spacial score (nSPS) is 10.0. The maximum Gasteiger partial charge on any atom is 0.164 e. The minimum atomic E-state index is 0.310. The molecule has 0 fully saturated rings. The molecule has 0 bridgehead atoms. The zero-order valence-electron chi connectivity index (χ0n) is 5.72. The van der Waals surface area contributed by atoms with Gasteiger partial charge in [-0.1, -0.05) is 29.8 Å². The Bertz CT molecular complexity index is 260. The Balaban J connectivity index is 2.81. The molecule has 0 saturated carbocycles. The number of hydrogen-bond acceptors (Lipinski definition) is 2. The fourth-order valence-corrected chi connectivity index (χ4v) is 0.942. The highest BCUT2D eigenvalue weighted by atomic mass is 35.5. The van der Waals surface area contributed by atoms with Crippen molar-refractivity contribution in [2.24, 2.45) is 0 Å². The van der Waals surface area contributed by atoms with E-state index in [0.717, 1.165) is 0 Å². The van der Waals surface area contributed by atoms with Crippen LogP contribution in [0.3, 0.4) is 0 Å². The fourth-order valence-electron chi connectivity index (χ4n) is 0.669. The van der Waals surface area contributed by atoms with Gasteiger partial charge in [0.2, 0.25) is 0 Å². The maximum absolute atomic E-state index is 5.63. The second-order valence-electron chi connectivity index (χ2n) is 2.08. The average molecular weight is 192 g/mol. The van der Waals surface area contributed by atoms with Gasteiger partial charge < -0.3 is 5.73 Å². The number of hydrogen-bond donors (Lipinski definition) is 1. The summed E-state index contributed by atoms with van der Waals surface area (Å²) in [6.07, 6.45) is 1.60. The third-order valence-electron chi connectivity index (χ3n) is 1.08. The predicted molar refractivity (Wildman–Crippen MR) is 46.6 cm³/mol. The molecule has 0 radical (unpaired) electrons. The predicted octanol–water partition coefficient (Wildman–Crippen LogP) is 1.87. The third kappa shape index (κ3) is 2.13. The molecule has 60 valence electrons. The van der Waals surface area contributed by atoms with Crippen LogP contribution in [0.2, 0.25) is 5.02 Å². The van der Waals surface area contributed by atoms with Crippen molar-refractivity contribution in [3.8, 4) is 0 Å². The summed E-state index contributed by atoms with van der Waals surface area (Å²) in [5, 5.41) is 4.79. The van der Waals surface area contributed by atoms with Crippen LogP contribution in [0.15, 0.2) is 17.8 Å². The lowest BCUT2D eigenvalue weighted by Crippen LogP contribution is -1.98. The van der Waals surface area contributed by atoms with Crippen molar-refractivity contribution in [1.82, 2.24) is 9.78 Å². The Kier molecular flexibility index (Phi) is 2.42. The van der Waals surface area contributed by atoms with Gasteiger partial charge in [-0.3, -0.25) is 4.68 Å². The lowest BCUT2D eigenvalue weighted by molar-refractivity contribution is 0.699. The van der Waals surface area contributed by atoms with E-state index in [1.54, 1.807) is 6.20 Å². The smallest absolute Gasteiger partial charge is 0.164 e. The van der Waals surface area contributed by atoms with Gasteiger partial charge in [-0.25, -0.2) is 0 Å². The van der Waals surface area contributed by atoms with Crippen molar-refractivity contribution < 1.29 is 0 Å². The van der Waals surface area contributed by atoms with Crippen molar-refractivity contribution in [2.45, 2.75) is 6.54 Å². The zero-order valence-corrected chi connectivity index (χ0v) is 7.23. The van der Waals surface area contributed by atoms with Gasteiger partial charge in [0.15, 0.2) is 5.82 Å². The molecule has 1 aromatic heterocycles. The fraction of sp³-hybridized carbons (Fsp3) is 0.167. The Morgan fingerprint density at radius 1 is 1.82 bits per heavy atom. The second-order valence-corrected chi connectivity index (χ2v) is 3.02. The van der Waals surface area contributed by atoms with Gasteiger partial charge in [0.05, 0.1) is 6.54 Å². The number of nitrogen functional groups attached to an aromatic ring is 1. The Morgan fingerprint density at radius 2 is 2.45 bits per heavy atom. The molecule has 0 spiro atoms. The molecule has 2 N–H and O–H groups in total. The molecule has 0 aliphatic heterocycles. The van der Waals surface area contributed by atoms with Gasteiger partial charge in [-0.15, -0.1) is 0 Å². The van der Waals surface area contributed by atoms with Gasteiger partial charge in [0.1, 0.15) is 5.02 Å². The molecular formula is C6H7Cl2N3. The summed E-state index contributed by atoms with van der Waals surface area (Å²) in [6, 6.07) is 0. The minimum Gasteiger partial charge on any atom is -0.381 e. The molecule has 0 aromatic carbocycles. The first-order valence-corrected chi connectivity index (χ1v) is 3.67. The van der Waals surface area contributed by atoms with Gasteiger partial charge in [0.25, 0.3) is 0 Å². The summed E-state index contributed by atoms with van der Waals surface area (Å²) in [7, 11) is 0. The first-order chi connectivity index (χ1) is 5.09. The van der Waals surface area contributed by atoms with E-state index in [2.05, 4.69) is 11.7 Å². The van der Waals surface area contributed by atoms with Crippen molar-refractivity contribution in [2.75, 3.05) is 5.73 Å². The van der Waals surface area contributed by atoms with Crippen LogP contribution in [0.5, 0.6) is 0 Å². The number of aromatic nitrogens is 2. The molecule has 1 aromatic rings. The molecule has 0 unspecified atom stereocenters. The van der Waals surface area contributed by atoms with Crippen molar-refractivity contribution in [3.63, 3.8) is 0 Å². The summed E-state index contributed by atoms with van der Waals surface area (Å²) in [5.41, 5.74) is 5.38. The number of halogens is 2. The van der Waals surface area contributed by atoms with Crippen LogP contribution in [0.4, 0.5) is 5.82 Å². The molecule has 0 saturated heterocycles. The number of nitrogens with two attached hydrogens (primary N) is 1. The molecule has 1 rings (SSSR count). The quantitative estimate of drug-likeness (QED) is 0.777. The molecule has 0 atom stereocenters. The summed E-state index contributed by atoms with van der Waals surface area (Å²) in [4.78, 5) is 0. The van der Waals surface area contributed by atoms with Gasteiger partial charge in [0, 0.05) is 11.2 Å². The minimum absolute atomic E-state index is 0.310. The van der Waals surface area contributed by atoms with E-state index in [0.29, 0.717) is 22.4 Å². The van der Waals surface area contributed by atoms with Gasteiger partial charge in [-0.2, -0.15) is 5.10 Å². The first-order valence-electron chi connectivity index (χ1n) is 2.91. The van der Waals surface area contributed by atoms with Crippen LogP contribution in [0.25, 0.3) is 0 Å².